The number of hydrogen-bond donors (Lipinski definition) is 2. The van der Waals surface area contributed by atoms with Crippen LogP contribution < -0.4 is 10.9 Å². The van der Waals surface area contributed by atoms with Crippen molar-refractivity contribution >= 4 is 5.69 Å². The van der Waals surface area contributed by atoms with E-state index >= 15 is 0 Å². The first kappa shape index (κ1) is 13.0. The molecule has 1 aliphatic rings. The average molecular weight is 295 g/mol. The number of halogens is 1. The number of rotatable bonds is 2. The Bertz CT molecular complexity index is 842. The van der Waals surface area contributed by atoms with E-state index in [2.05, 4.69) is 20.9 Å². The third-order valence-corrected chi connectivity index (χ3v) is 3.82. The molecule has 0 saturated carbocycles. The van der Waals surface area contributed by atoms with E-state index in [1.54, 1.807) is 29.2 Å². The zero-order valence-electron chi connectivity index (χ0n) is 11.9. The molecule has 1 atom stereocenters. The monoisotopic (exact) mass is 295 g/mol. The van der Waals surface area contributed by atoms with E-state index in [4.69, 9.17) is 0 Å². The fraction of sp³-hybridized carbons (Fsp3) is 0.125. The minimum absolute atomic E-state index is 0.227. The third-order valence-electron chi connectivity index (χ3n) is 3.82. The molecule has 0 fully saturated rings. The number of hydrogen-bond acceptors (Lipinski definition) is 4. The molecule has 0 bridgehead atoms. The summed E-state index contributed by atoms with van der Waals surface area (Å²) in [5.74, 6) is -0.227. The van der Waals surface area contributed by atoms with E-state index in [-0.39, 0.29) is 11.9 Å². The first-order chi connectivity index (χ1) is 10.7. The maximum atomic E-state index is 14.1. The number of nitrogens with one attached hydrogen (secondary N) is 2. The molecular formula is C16H14FN5. The number of pyridine rings is 1. The van der Waals surface area contributed by atoms with Crippen molar-refractivity contribution in [3.63, 3.8) is 0 Å². The lowest BCUT2D eigenvalue weighted by Gasteiger charge is -2.12. The predicted octanol–water partition coefficient (Wildman–Crippen LogP) is 2.64. The highest BCUT2D eigenvalue weighted by atomic mass is 19.1. The van der Waals surface area contributed by atoms with E-state index < -0.39 is 0 Å². The van der Waals surface area contributed by atoms with Gasteiger partial charge in [-0.2, -0.15) is 5.10 Å². The fourth-order valence-corrected chi connectivity index (χ4v) is 2.71. The number of nitrogens with zero attached hydrogens (tertiary/aromatic N) is 3. The summed E-state index contributed by atoms with van der Waals surface area (Å²) in [6.45, 7) is 0. The van der Waals surface area contributed by atoms with Crippen LogP contribution in [0.2, 0.25) is 0 Å². The lowest BCUT2D eigenvalue weighted by atomic mass is 9.98. The van der Waals surface area contributed by atoms with Gasteiger partial charge in [0.05, 0.1) is 29.8 Å². The molecule has 4 rings (SSSR count). The van der Waals surface area contributed by atoms with Gasteiger partial charge in [0.1, 0.15) is 5.82 Å². The highest BCUT2D eigenvalue weighted by molar-refractivity contribution is 5.66. The van der Waals surface area contributed by atoms with Crippen LogP contribution in [-0.2, 0) is 7.05 Å². The Morgan fingerprint density at radius 2 is 2.05 bits per heavy atom. The molecule has 3 heterocycles. The van der Waals surface area contributed by atoms with Gasteiger partial charge in [-0.15, -0.1) is 0 Å². The number of aromatic nitrogens is 3. The van der Waals surface area contributed by atoms with E-state index in [1.165, 1.54) is 6.07 Å². The van der Waals surface area contributed by atoms with Crippen LogP contribution in [0.5, 0.6) is 0 Å². The Morgan fingerprint density at radius 3 is 2.82 bits per heavy atom. The van der Waals surface area contributed by atoms with Crippen LogP contribution in [-0.4, -0.2) is 14.8 Å². The van der Waals surface area contributed by atoms with Crippen LogP contribution in [0.15, 0.2) is 48.9 Å². The van der Waals surface area contributed by atoms with Gasteiger partial charge in [0.15, 0.2) is 0 Å². The van der Waals surface area contributed by atoms with Crippen molar-refractivity contribution < 1.29 is 4.39 Å². The van der Waals surface area contributed by atoms with Crippen LogP contribution in [0.3, 0.4) is 0 Å². The normalized spacial score (nSPS) is 16.4. The van der Waals surface area contributed by atoms with Crippen molar-refractivity contribution in [2.75, 3.05) is 5.43 Å². The summed E-state index contributed by atoms with van der Waals surface area (Å²) in [5.41, 5.74) is 10.4. The predicted molar refractivity (Wildman–Crippen MR) is 81.4 cm³/mol. The second-order valence-electron chi connectivity index (χ2n) is 5.28. The number of hydrazine groups is 1. The molecule has 1 unspecified atom stereocenters. The standard InChI is InChI=1S/C16H14FN5/c1-22-9-10(7-19-22)14-6-12-15(8-18-14)20-21-16(12)11-4-2-3-5-13(11)17/h2-9,16,20-21H,1H3. The molecule has 0 radical (unpaired) electrons. The Balaban J connectivity index is 1.79. The lowest BCUT2D eigenvalue weighted by molar-refractivity contribution is 0.584. The summed E-state index contributed by atoms with van der Waals surface area (Å²) in [4.78, 5) is 4.43. The smallest absolute Gasteiger partial charge is 0.128 e. The number of fused-ring (bicyclic) bond motifs is 1. The Labute approximate surface area is 126 Å². The van der Waals surface area contributed by atoms with Crippen LogP contribution in [0.4, 0.5) is 10.1 Å². The summed E-state index contributed by atoms with van der Waals surface area (Å²) in [5, 5.41) is 4.16. The largest absolute Gasteiger partial charge is 0.319 e. The van der Waals surface area contributed by atoms with Gasteiger partial charge < -0.3 is 5.43 Å². The van der Waals surface area contributed by atoms with Crippen molar-refractivity contribution in [3.8, 4) is 11.3 Å². The molecule has 3 aromatic rings. The summed E-state index contributed by atoms with van der Waals surface area (Å²) in [6, 6.07) is 8.51. The second-order valence-corrected chi connectivity index (χ2v) is 5.28. The second kappa shape index (κ2) is 4.92. The molecule has 5 nitrogen and oxygen atoms in total. The van der Waals surface area contributed by atoms with E-state index in [1.807, 2.05) is 25.4 Å². The minimum atomic E-state index is -0.241. The zero-order valence-corrected chi connectivity index (χ0v) is 11.9. The molecule has 1 aliphatic heterocycles. The van der Waals surface area contributed by atoms with Crippen molar-refractivity contribution in [1.82, 2.24) is 20.2 Å². The molecule has 0 aliphatic carbocycles. The molecular weight excluding hydrogens is 281 g/mol. The Kier molecular flexibility index (Phi) is 2.90. The van der Waals surface area contributed by atoms with E-state index in [0.717, 1.165) is 22.5 Å². The lowest BCUT2D eigenvalue weighted by Crippen LogP contribution is -2.20. The summed E-state index contributed by atoms with van der Waals surface area (Å²) in [7, 11) is 1.86. The van der Waals surface area contributed by atoms with Crippen LogP contribution in [0, 0.1) is 5.82 Å². The first-order valence-electron chi connectivity index (χ1n) is 6.97. The van der Waals surface area contributed by atoms with Crippen molar-refractivity contribution in [2.45, 2.75) is 6.04 Å². The molecule has 1 aromatic carbocycles. The quantitative estimate of drug-likeness (QED) is 0.763. The van der Waals surface area contributed by atoms with Gasteiger partial charge in [-0.05, 0) is 12.1 Å². The maximum Gasteiger partial charge on any atom is 0.128 e. The first-order valence-corrected chi connectivity index (χ1v) is 6.97. The van der Waals surface area contributed by atoms with Gasteiger partial charge in [0.2, 0.25) is 0 Å². The van der Waals surface area contributed by atoms with Gasteiger partial charge >= 0.3 is 0 Å². The number of anilines is 1. The fourth-order valence-electron chi connectivity index (χ4n) is 2.71. The third kappa shape index (κ3) is 2.05. The number of benzene rings is 1. The molecule has 2 aromatic heterocycles. The molecule has 0 spiro atoms. The van der Waals surface area contributed by atoms with Crippen LogP contribution in [0.1, 0.15) is 17.2 Å². The molecule has 110 valence electrons. The minimum Gasteiger partial charge on any atom is -0.319 e. The topological polar surface area (TPSA) is 54.8 Å². The van der Waals surface area contributed by atoms with Gasteiger partial charge in [-0.1, -0.05) is 18.2 Å². The molecule has 0 saturated heterocycles. The Hall–Kier alpha value is -2.73. The number of aryl methyl sites for hydroxylation is 1. The maximum absolute atomic E-state index is 14.1. The van der Waals surface area contributed by atoms with Crippen LogP contribution >= 0.6 is 0 Å². The van der Waals surface area contributed by atoms with Gasteiger partial charge in [-0.3, -0.25) is 9.67 Å². The van der Waals surface area contributed by atoms with Gasteiger partial charge in [-0.25, -0.2) is 9.82 Å². The molecule has 2 N–H and O–H groups in total. The molecule has 22 heavy (non-hydrogen) atoms. The van der Waals surface area contributed by atoms with Crippen molar-refractivity contribution in [3.05, 3.63) is 65.9 Å². The summed E-state index contributed by atoms with van der Waals surface area (Å²) < 4.78 is 15.8. The van der Waals surface area contributed by atoms with Crippen LogP contribution in [0.25, 0.3) is 11.3 Å². The highest BCUT2D eigenvalue weighted by Crippen LogP contribution is 2.35. The van der Waals surface area contributed by atoms with Crippen molar-refractivity contribution in [1.29, 1.82) is 0 Å². The zero-order chi connectivity index (χ0) is 15.1. The van der Waals surface area contributed by atoms with Gasteiger partial charge in [0, 0.05) is 29.9 Å². The van der Waals surface area contributed by atoms with Crippen molar-refractivity contribution in [2.24, 2.45) is 7.05 Å². The van der Waals surface area contributed by atoms with Gasteiger partial charge in [0.25, 0.3) is 0 Å². The highest BCUT2D eigenvalue weighted by Gasteiger charge is 2.26. The molecule has 6 heteroatoms. The summed E-state index contributed by atoms with van der Waals surface area (Å²) >= 11 is 0. The SMILES string of the molecule is Cn1cc(-c2cc3c(cn2)NNC3c2ccccc2F)cn1. The Morgan fingerprint density at radius 1 is 1.18 bits per heavy atom. The summed E-state index contributed by atoms with van der Waals surface area (Å²) in [6.07, 6.45) is 5.43. The molecule has 0 amide bonds. The van der Waals surface area contributed by atoms with E-state index in [9.17, 15) is 4.39 Å². The van der Waals surface area contributed by atoms with E-state index in [0.29, 0.717) is 5.56 Å². The average Bonchev–Trinajstić information content (AvgIpc) is 3.13.